The van der Waals surface area contributed by atoms with Gasteiger partial charge in [0.25, 0.3) is 5.56 Å². The van der Waals surface area contributed by atoms with Crippen molar-refractivity contribution in [2.75, 3.05) is 0 Å². The molecule has 0 fully saturated rings. The Kier molecular flexibility index (Phi) is 3.65. The Morgan fingerprint density at radius 3 is 2.48 bits per heavy atom. The first-order valence-electron chi connectivity index (χ1n) is 5.87. The van der Waals surface area contributed by atoms with E-state index < -0.39 is 11.2 Å². The maximum absolute atomic E-state index is 12.5. The fourth-order valence-electron chi connectivity index (χ4n) is 2.04. The van der Waals surface area contributed by atoms with E-state index in [0.29, 0.717) is 21.6 Å². The Morgan fingerprint density at radius 2 is 1.76 bits per heavy atom. The molecule has 0 bridgehead atoms. The molecule has 0 unspecified atom stereocenters. The van der Waals surface area contributed by atoms with E-state index in [2.05, 4.69) is 20.9 Å². The molecule has 0 radical (unpaired) electrons. The predicted molar refractivity (Wildman–Crippen MR) is 87.9 cm³/mol. The van der Waals surface area contributed by atoms with Crippen LogP contribution in [0.15, 0.2) is 50.5 Å². The molecule has 0 spiro atoms. The zero-order valence-corrected chi connectivity index (χ0v) is 13.5. The summed E-state index contributed by atoms with van der Waals surface area (Å²) in [6.45, 7) is 0. The molecule has 0 aliphatic heterocycles. The summed E-state index contributed by atoms with van der Waals surface area (Å²) >= 11 is 15.1. The van der Waals surface area contributed by atoms with Gasteiger partial charge in [-0.05, 0) is 36.4 Å². The van der Waals surface area contributed by atoms with Gasteiger partial charge in [-0.1, -0.05) is 39.1 Å². The monoisotopic (exact) mass is 384 g/mol. The highest BCUT2D eigenvalue weighted by Crippen LogP contribution is 2.23. The molecular formula is C14H7BrCl2N2O2. The molecule has 0 atom stereocenters. The van der Waals surface area contributed by atoms with E-state index in [-0.39, 0.29) is 5.02 Å². The minimum Gasteiger partial charge on any atom is -0.306 e. The number of aromatic amines is 1. The van der Waals surface area contributed by atoms with Gasteiger partial charge in [0.1, 0.15) is 0 Å². The first kappa shape index (κ1) is 14.4. The first-order valence-corrected chi connectivity index (χ1v) is 7.42. The van der Waals surface area contributed by atoms with Crippen molar-refractivity contribution in [1.82, 2.24) is 9.55 Å². The van der Waals surface area contributed by atoms with Crippen LogP contribution in [0, 0.1) is 0 Å². The minimum absolute atomic E-state index is 0.273. The summed E-state index contributed by atoms with van der Waals surface area (Å²) in [6.07, 6.45) is 0. The molecule has 3 aromatic rings. The molecule has 2 aromatic carbocycles. The zero-order chi connectivity index (χ0) is 15.1. The summed E-state index contributed by atoms with van der Waals surface area (Å²) < 4.78 is 1.77. The summed E-state index contributed by atoms with van der Waals surface area (Å²) in [6, 6.07) is 9.65. The molecule has 3 rings (SSSR count). The largest absolute Gasteiger partial charge is 0.333 e. The van der Waals surface area contributed by atoms with Crippen LogP contribution in [0.2, 0.25) is 10.0 Å². The number of nitrogens with one attached hydrogen (secondary N) is 1. The molecule has 7 heteroatoms. The lowest BCUT2D eigenvalue weighted by molar-refractivity contribution is 0.901. The van der Waals surface area contributed by atoms with Crippen molar-refractivity contribution < 1.29 is 0 Å². The Morgan fingerprint density at radius 1 is 1.00 bits per heavy atom. The van der Waals surface area contributed by atoms with Crippen molar-refractivity contribution in [1.29, 1.82) is 0 Å². The maximum atomic E-state index is 12.5. The van der Waals surface area contributed by atoms with Crippen molar-refractivity contribution in [3.8, 4) is 5.69 Å². The predicted octanol–water partition coefficient (Wildman–Crippen LogP) is 3.75. The third kappa shape index (κ3) is 2.52. The van der Waals surface area contributed by atoms with Crippen molar-refractivity contribution in [3.63, 3.8) is 0 Å². The van der Waals surface area contributed by atoms with Gasteiger partial charge in [0.15, 0.2) is 0 Å². The Labute approximate surface area is 137 Å². The third-order valence-corrected chi connectivity index (χ3v) is 4.25. The second-order valence-corrected chi connectivity index (χ2v) is 6.09. The molecule has 1 heterocycles. The van der Waals surface area contributed by atoms with Gasteiger partial charge in [0.05, 0.1) is 26.6 Å². The molecule has 1 N–H and O–H groups in total. The Balaban J connectivity index is 2.39. The summed E-state index contributed by atoms with van der Waals surface area (Å²) in [5.74, 6) is 0. The quantitative estimate of drug-likeness (QED) is 0.693. The van der Waals surface area contributed by atoms with Crippen LogP contribution in [-0.2, 0) is 0 Å². The highest BCUT2D eigenvalue weighted by Gasteiger charge is 2.11. The fraction of sp³-hybridized carbons (Fsp3) is 0. The van der Waals surface area contributed by atoms with Crippen LogP contribution >= 0.6 is 39.1 Å². The van der Waals surface area contributed by atoms with E-state index >= 15 is 0 Å². The standard InChI is InChI=1S/C14H7BrCl2N2O2/c15-7-1-4-12-9(5-7)13(20)19(14(21)18-12)8-2-3-10(16)11(17)6-8/h1-6H,(H,18,21). The minimum atomic E-state index is -0.534. The maximum Gasteiger partial charge on any atom is 0.333 e. The molecule has 106 valence electrons. The second kappa shape index (κ2) is 5.33. The van der Waals surface area contributed by atoms with Crippen LogP contribution in [-0.4, -0.2) is 9.55 Å². The third-order valence-electron chi connectivity index (χ3n) is 3.02. The van der Waals surface area contributed by atoms with Gasteiger partial charge in [0.2, 0.25) is 0 Å². The summed E-state index contributed by atoms with van der Waals surface area (Å²) in [5.41, 5.74) is -0.122. The highest BCUT2D eigenvalue weighted by atomic mass is 79.9. The average Bonchev–Trinajstić information content (AvgIpc) is 2.44. The molecule has 21 heavy (non-hydrogen) atoms. The van der Waals surface area contributed by atoms with Crippen molar-refractivity contribution in [2.45, 2.75) is 0 Å². The fourth-order valence-corrected chi connectivity index (χ4v) is 2.70. The topological polar surface area (TPSA) is 54.9 Å². The van der Waals surface area contributed by atoms with Crippen LogP contribution in [0.25, 0.3) is 16.6 Å². The Hall–Kier alpha value is -1.56. The van der Waals surface area contributed by atoms with Crippen molar-refractivity contribution >= 4 is 50.0 Å². The van der Waals surface area contributed by atoms with E-state index in [9.17, 15) is 9.59 Å². The highest BCUT2D eigenvalue weighted by molar-refractivity contribution is 9.10. The number of nitrogens with zero attached hydrogens (tertiary/aromatic N) is 1. The molecule has 0 saturated heterocycles. The summed E-state index contributed by atoms with van der Waals surface area (Å²) in [5, 5.41) is 1.03. The van der Waals surface area contributed by atoms with E-state index in [1.807, 2.05) is 0 Å². The van der Waals surface area contributed by atoms with E-state index in [1.54, 1.807) is 24.3 Å². The van der Waals surface area contributed by atoms with Crippen molar-refractivity contribution in [2.24, 2.45) is 0 Å². The average molecular weight is 386 g/mol. The zero-order valence-electron chi connectivity index (χ0n) is 10.4. The first-order chi connectivity index (χ1) is 9.97. The van der Waals surface area contributed by atoms with Crippen LogP contribution in [0.4, 0.5) is 0 Å². The van der Waals surface area contributed by atoms with Crippen LogP contribution in [0.1, 0.15) is 0 Å². The van der Waals surface area contributed by atoms with Gasteiger partial charge >= 0.3 is 5.69 Å². The Bertz CT molecular complexity index is 979. The van der Waals surface area contributed by atoms with E-state index in [1.165, 1.54) is 12.1 Å². The summed E-state index contributed by atoms with van der Waals surface area (Å²) in [4.78, 5) is 27.4. The van der Waals surface area contributed by atoms with Crippen LogP contribution in [0.3, 0.4) is 0 Å². The molecule has 0 saturated carbocycles. The number of rotatable bonds is 1. The normalized spacial score (nSPS) is 11.0. The van der Waals surface area contributed by atoms with Gasteiger partial charge in [-0.15, -0.1) is 0 Å². The molecular weight excluding hydrogens is 379 g/mol. The lowest BCUT2D eigenvalue weighted by atomic mass is 10.2. The number of benzene rings is 2. The second-order valence-electron chi connectivity index (χ2n) is 4.36. The molecule has 4 nitrogen and oxygen atoms in total. The van der Waals surface area contributed by atoms with Crippen LogP contribution in [0.5, 0.6) is 0 Å². The molecule has 1 aromatic heterocycles. The molecule has 0 aliphatic rings. The summed E-state index contributed by atoms with van der Waals surface area (Å²) in [7, 11) is 0. The molecule has 0 aliphatic carbocycles. The smallest absolute Gasteiger partial charge is 0.306 e. The van der Waals surface area contributed by atoms with Crippen molar-refractivity contribution in [3.05, 3.63) is 71.8 Å². The van der Waals surface area contributed by atoms with Gasteiger partial charge in [-0.2, -0.15) is 0 Å². The van der Waals surface area contributed by atoms with Gasteiger partial charge in [-0.25, -0.2) is 9.36 Å². The number of hydrogen-bond donors (Lipinski definition) is 1. The SMILES string of the molecule is O=c1[nH]c2ccc(Br)cc2c(=O)n1-c1ccc(Cl)c(Cl)c1. The van der Waals surface area contributed by atoms with Gasteiger partial charge in [-0.3, -0.25) is 4.79 Å². The number of H-pyrrole nitrogens is 1. The van der Waals surface area contributed by atoms with Gasteiger partial charge < -0.3 is 4.98 Å². The number of aromatic nitrogens is 2. The number of halogens is 3. The lowest BCUT2D eigenvalue weighted by Gasteiger charge is -2.07. The van der Waals surface area contributed by atoms with Crippen LogP contribution < -0.4 is 11.2 Å². The number of fused-ring (bicyclic) bond motifs is 1. The van der Waals surface area contributed by atoms with E-state index in [0.717, 1.165) is 9.04 Å². The van der Waals surface area contributed by atoms with E-state index in [4.69, 9.17) is 23.2 Å². The number of hydrogen-bond acceptors (Lipinski definition) is 2. The van der Waals surface area contributed by atoms with Gasteiger partial charge in [0, 0.05) is 4.47 Å². The lowest BCUT2D eigenvalue weighted by Crippen LogP contribution is -2.33. The molecule has 0 amide bonds.